The van der Waals surface area contributed by atoms with E-state index in [2.05, 4.69) is 10.3 Å². The molecule has 0 aliphatic heterocycles. The molecule has 0 unspecified atom stereocenters. The van der Waals surface area contributed by atoms with Crippen LogP contribution in [0.15, 0.2) is 42.6 Å². The number of nitrogens with one attached hydrogen (secondary N) is 1. The molecule has 124 valence electrons. The van der Waals surface area contributed by atoms with Crippen LogP contribution in [0.1, 0.15) is 23.4 Å². The minimum absolute atomic E-state index is 0.0239. The zero-order chi connectivity index (χ0) is 17.1. The molecule has 0 saturated carbocycles. The summed E-state index contributed by atoms with van der Waals surface area (Å²) in [5.41, 5.74) is 4.65. The zero-order valence-corrected chi connectivity index (χ0v) is 14.2. The van der Waals surface area contributed by atoms with Gasteiger partial charge >= 0.3 is 0 Å². The fraction of sp³-hybridized carbons (Fsp3) is 0.263. The third-order valence-electron chi connectivity index (χ3n) is 4.17. The summed E-state index contributed by atoms with van der Waals surface area (Å²) in [6, 6.07) is 11.6. The summed E-state index contributed by atoms with van der Waals surface area (Å²) in [7, 11) is 1.64. The first-order valence-corrected chi connectivity index (χ1v) is 7.95. The number of ether oxygens (including phenoxy) is 1. The fourth-order valence-corrected chi connectivity index (χ4v) is 2.70. The molecule has 0 radical (unpaired) electrons. The first-order chi connectivity index (χ1) is 11.6. The van der Waals surface area contributed by atoms with Crippen LogP contribution in [0.2, 0.25) is 0 Å². The molecular weight excluding hydrogens is 302 g/mol. The van der Waals surface area contributed by atoms with Gasteiger partial charge in [0.05, 0.1) is 18.5 Å². The van der Waals surface area contributed by atoms with Crippen molar-refractivity contribution >= 4 is 17.2 Å². The van der Waals surface area contributed by atoms with Gasteiger partial charge in [-0.3, -0.25) is 4.79 Å². The molecule has 0 saturated heterocycles. The van der Waals surface area contributed by atoms with Gasteiger partial charge in [-0.05, 0) is 50.1 Å². The summed E-state index contributed by atoms with van der Waals surface area (Å²) >= 11 is 0. The number of pyridine rings is 1. The molecule has 2 heterocycles. The average molecular weight is 323 g/mol. The van der Waals surface area contributed by atoms with Gasteiger partial charge in [0.25, 0.3) is 0 Å². The molecule has 0 aliphatic carbocycles. The van der Waals surface area contributed by atoms with Crippen LogP contribution in [0.3, 0.4) is 0 Å². The first kappa shape index (κ1) is 16.1. The Morgan fingerprint density at radius 2 is 2.08 bits per heavy atom. The Labute approximate surface area is 141 Å². The van der Waals surface area contributed by atoms with Gasteiger partial charge in [-0.25, -0.2) is 4.98 Å². The van der Waals surface area contributed by atoms with Crippen molar-refractivity contribution in [2.75, 3.05) is 12.4 Å². The van der Waals surface area contributed by atoms with Crippen molar-refractivity contribution in [2.45, 2.75) is 26.7 Å². The third-order valence-corrected chi connectivity index (χ3v) is 4.17. The summed E-state index contributed by atoms with van der Waals surface area (Å²) in [6.07, 6.45) is 3.03. The summed E-state index contributed by atoms with van der Waals surface area (Å²) in [4.78, 5) is 16.8. The van der Waals surface area contributed by atoms with E-state index in [1.54, 1.807) is 7.11 Å². The SMILES string of the molecule is COc1cccc(CCC(=O)Nc2cccn3c(C)c(C)nc23)c1. The van der Waals surface area contributed by atoms with Gasteiger partial charge in [0.1, 0.15) is 5.75 Å². The Bertz CT molecular complexity index is 883. The van der Waals surface area contributed by atoms with Crippen LogP contribution in [0.5, 0.6) is 5.75 Å². The lowest BCUT2D eigenvalue weighted by Crippen LogP contribution is -2.13. The molecule has 0 fully saturated rings. The standard InChI is InChI=1S/C19H21N3O2/c1-13-14(2)22-11-5-8-17(19(22)20-13)21-18(23)10-9-15-6-4-7-16(12-15)24-3/h4-8,11-12H,9-10H2,1-3H3,(H,21,23). The molecule has 5 heteroatoms. The topological polar surface area (TPSA) is 55.6 Å². The van der Waals surface area contributed by atoms with E-state index in [1.807, 2.05) is 60.8 Å². The number of anilines is 1. The average Bonchev–Trinajstić information content (AvgIpc) is 2.89. The molecule has 2 aromatic heterocycles. The van der Waals surface area contributed by atoms with Crippen molar-refractivity contribution in [1.29, 1.82) is 0 Å². The lowest BCUT2D eigenvalue weighted by atomic mass is 10.1. The lowest BCUT2D eigenvalue weighted by Gasteiger charge is -2.08. The molecule has 5 nitrogen and oxygen atoms in total. The largest absolute Gasteiger partial charge is 0.497 e. The Morgan fingerprint density at radius 1 is 1.25 bits per heavy atom. The van der Waals surface area contributed by atoms with Gasteiger partial charge in [-0.1, -0.05) is 12.1 Å². The maximum absolute atomic E-state index is 12.3. The maximum atomic E-state index is 12.3. The van der Waals surface area contributed by atoms with Gasteiger partial charge in [-0.2, -0.15) is 0 Å². The fourth-order valence-electron chi connectivity index (χ4n) is 2.70. The number of carbonyl (C=O) groups is 1. The van der Waals surface area contributed by atoms with Crippen LogP contribution < -0.4 is 10.1 Å². The molecule has 1 N–H and O–H groups in total. The molecule has 0 aliphatic rings. The number of aryl methyl sites for hydroxylation is 3. The van der Waals surface area contributed by atoms with E-state index in [0.29, 0.717) is 12.8 Å². The van der Waals surface area contributed by atoms with Crippen LogP contribution in [0.4, 0.5) is 5.69 Å². The highest BCUT2D eigenvalue weighted by molar-refractivity contribution is 5.94. The lowest BCUT2D eigenvalue weighted by molar-refractivity contribution is -0.116. The number of nitrogens with zero attached hydrogens (tertiary/aromatic N) is 2. The van der Waals surface area contributed by atoms with Crippen LogP contribution in [0.25, 0.3) is 5.65 Å². The smallest absolute Gasteiger partial charge is 0.224 e. The normalized spacial score (nSPS) is 10.8. The minimum Gasteiger partial charge on any atom is -0.497 e. The highest BCUT2D eigenvalue weighted by Gasteiger charge is 2.11. The third kappa shape index (κ3) is 3.25. The van der Waals surface area contributed by atoms with E-state index in [9.17, 15) is 4.79 Å². The number of hydrogen-bond donors (Lipinski definition) is 1. The number of methoxy groups -OCH3 is 1. The number of imidazole rings is 1. The number of amides is 1. The van der Waals surface area contributed by atoms with Crippen molar-refractivity contribution in [2.24, 2.45) is 0 Å². The first-order valence-electron chi connectivity index (χ1n) is 7.95. The Morgan fingerprint density at radius 3 is 2.88 bits per heavy atom. The van der Waals surface area contributed by atoms with Crippen LogP contribution >= 0.6 is 0 Å². The predicted octanol–water partition coefficient (Wildman–Crippen LogP) is 3.53. The predicted molar refractivity (Wildman–Crippen MR) is 94.6 cm³/mol. The maximum Gasteiger partial charge on any atom is 0.224 e. The molecule has 1 aromatic carbocycles. The van der Waals surface area contributed by atoms with Gasteiger partial charge in [0.15, 0.2) is 5.65 Å². The van der Waals surface area contributed by atoms with Gasteiger partial charge in [0, 0.05) is 18.3 Å². The van der Waals surface area contributed by atoms with E-state index in [4.69, 9.17) is 4.74 Å². The highest BCUT2D eigenvalue weighted by Crippen LogP contribution is 2.20. The van der Waals surface area contributed by atoms with Gasteiger partial charge in [0.2, 0.25) is 5.91 Å². The Kier molecular flexibility index (Phi) is 4.51. The van der Waals surface area contributed by atoms with E-state index in [1.165, 1.54) is 0 Å². The van der Waals surface area contributed by atoms with Crippen molar-refractivity contribution in [3.05, 3.63) is 59.5 Å². The van der Waals surface area contributed by atoms with Crippen LogP contribution in [-0.2, 0) is 11.2 Å². The number of aromatic nitrogens is 2. The van der Waals surface area contributed by atoms with Gasteiger partial charge < -0.3 is 14.5 Å². The number of fused-ring (bicyclic) bond motifs is 1. The summed E-state index contributed by atoms with van der Waals surface area (Å²) < 4.78 is 7.20. The minimum atomic E-state index is -0.0239. The van der Waals surface area contributed by atoms with Crippen molar-refractivity contribution in [1.82, 2.24) is 9.38 Å². The summed E-state index contributed by atoms with van der Waals surface area (Å²) in [6.45, 7) is 3.99. The van der Waals surface area contributed by atoms with Crippen molar-refractivity contribution in [3.8, 4) is 5.75 Å². The Hall–Kier alpha value is -2.82. The van der Waals surface area contributed by atoms with E-state index in [-0.39, 0.29) is 5.91 Å². The van der Waals surface area contributed by atoms with Crippen molar-refractivity contribution in [3.63, 3.8) is 0 Å². The molecule has 0 atom stereocenters. The zero-order valence-electron chi connectivity index (χ0n) is 14.2. The van der Waals surface area contributed by atoms with E-state index in [0.717, 1.165) is 34.0 Å². The van der Waals surface area contributed by atoms with Crippen LogP contribution in [-0.4, -0.2) is 22.4 Å². The summed E-state index contributed by atoms with van der Waals surface area (Å²) in [5.74, 6) is 0.783. The van der Waals surface area contributed by atoms with E-state index >= 15 is 0 Å². The molecule has 0 spiro atoms. The molecule has 0 bridgehead atoms. The van der Waals surface area contributed by atoms with Crippen molar-refractivity contribution < 1.29 is 9.53 Å². The number of carbonyl (C=O) groups excluding carboxylic acids is 1. The molecule has 1 amide bonds. The second-order valence-corrected chi connectivity index (χ2v) is 5.80. The number of hydrogen-bond acceptors (Lipinski definition) is 3. The Balaban J connectivity index is 1.70. The molecule has 24 heavy (non-hydrogen) atoms. The van der Waals surface area contributed by atoms with E-state index < -0.39 is 0 Å². The second-order valence-electron chi connectivity index (χ2n) is 5.80. The molecular formula is C19H21N3O2. The molecule has 3 aromatic rings. The number of benzene rings is 1. The highest BCUT2D eigenvalue weighted by atomic mass is 16.5. The quantitative estimate of drug-likeness (QED) is 0.781. The second kappa shape index (κ2) is 6.74. The van der Waals surface area contributed by atoms with Gasteiger partial charge in [-0.15, -0.1) is 0 Å². The monoisotopic (exact) mass is 323 g/mol. The molecule has 3 rings (SSSR count). The number of rotatable bonds is 5. The summed E-state index contributed by atoms with van der Waals surface area (Å²) in [5, 5.41) is 2.97. The van der Waals surface area contributed by atoms with Crippen LogP contribution in [0, 0.1) is 13.8 Å².